The van der Waals surface area contributed by atoms with E-state index in [-0.39, 0.29) is 12.2 Å². The molecular formula is C19H20ClN3O4. The Bertz CT molecular complexity index is 919. The third-order valence-electron chi connectivity index (χ3n) is 4.38. The molecule has 1 aromatic heterocycles. The molecule has 1 unspecified atom stereocenters. The number of carboxylic acid groups (broad SMARTS) is 1. The fourth-order valence-corrected chi connectivity index (χ4v) is 3.54. The number of carboxylic acids is 1. The van der Waals surface area contributed by atoms with Gasteiger partial charge in [0.05, 0.1) is 18.4 Å². The molecule has 0 saturated carbocycles. The number of aliphatic carboxylic acids is 1. The van der Waals surface area contributed by atoms with Gasteiger partial charge in [0.25, 0.3) is 0 Å². The number of hydrogen-bond acceptors (Lipinski definition) is 5. The maximum absolute atomic E-state index is 12.2. The first-order chi connectivity index (χ1) is 13.0. The third kappa shape index (κ3) is 3.42. The summed E-state index contributed by atoms with van der Waals surface area (Å²) in [4.78, 5) is 24.4. The van der Waals surface area contributed by atoms with E-state index in [2.05, 4.69) is 10.4 Å². The summed E-state index contributed by atoms with van der Waals surface area (Å²) >= 11 is 6.38. The molecule has 7 nitrogen and oxygen atoms in total. The van der Waals surface area contributed by atoms with E-state index in [1.807, 2.05) is 6.92 Å². The van der Waals surface area contributed by atoms with Crippen LogP contribution in [0.15, 0.2) is 41.7 Å². The number of carbonyl (C=O) groups is 2. The van der Waals surface area contributed by atoms with Crippen LogP contribution in [0.5, 0.6) is 0 Å². The Hall–Kier alpha value is -2.80. The monoisotopic (exact) mass is 389 g/mol. The molecule has 142 valence electrons. The number of aromatic nitrogens is 2. The van der Waals surface area contributed by atoms with E-state index in [0.29, 0.717) is 34.1 Å². The molecule has 0 saturated heterocycles. The van der Waals surface area contributed by atoms with E-state index in [9.17, 15) is 14.7 Å². The van der Waals surface area contributed by atoms with Crippen molar-refractivity contribution in [3.05, 3.63) is 57.9 Å². The van der Waals surface area contributed by atoms with E-state index in [0.717, 1.165) is 11.1 Å². The van der Waals surface area contributed by atoms with Gasteiger partial charge in [0, 0.05) is 22.2 Å². The third-order valence-corrected chi connectivity index (χ3v) is 4.72. The van der Waals surface area contributed by atoms with Crippen LogP contribution in [0.2, 0.25) is 5.02 Å². The first-order valence-electron chi connectivity index (χ1n) is 8.72. The van der Waals surface area contributed by atoms with Gasteiger partial charge in [-0.2, -0.15) is 5.10 Å². The van der Waals surface area contributed by atoms with Crippen molar-refractivity contribution in [3.63, 3.8) is 0 Å². The van der Waals surface area contributed by atoms with Crippen LogP contribution in [0.25, 0.3) is 0 Å². The van der Waals surface area contributed by atoms with Gasteiger partial charge in [-0.05, 0) is 25.0 Å². The zero-order chi connectivity index (χ0) is 19.6. The topological polar surface area (TPSA) is 93.5 Å². The van der Waals surface area contributed by atoms with E-state index in [1.165, 1.54) is 6.20 Å². The lowest BCUT2D eigenvalue weighted by molar-refractivity contribution is -0.133. The number of nitrogens with zero attached hydrogens (tertiary/aromatic N) is 2. The Morgan fingerprint density at radius 1 is 1.30 bits per heavy atom. The number of nitrogens with one attached hydrogen (secondary N) is 1. The van der Waals surface area contributed by atoms with Gasteiger partial charge in [0.15, 0.2) is 0 Å². The first kappa shape index (κ1) is 19.0. The summed E-state index contributed by atoms with van der Waals surface area (Å²) in [5.74, 6) is -1.27. The first-order valence-corrected chi connectivity index (χ1v) is 9.10. The molecule has 2 N–H and O–H groups in total. The van der Waals surface area contributed by atoms with Gasteiger partial charge in [0.1, 0.15) is 5.82 Å². The predicted molar refractivity (Wildman–Crippen MR) is 101 cm³/mol. The second-order valence-corrected chi connectivity index (χ2v) is 6.49. The number of hydrogen-bond donors (Lipinski definition) is 2. The summed E-state index contributed by atoms with van der Waals surface area (Å²) < 4.78 is 6.17. The van der Waals surface area contributed by atoms with Gasteiger partial charge < -0.3 is 15.2 Å². The predicted octanol–water partition coefficient (Wildman–Crippen LogP) is 4.24. The molecule has 1 atom stereocenters. The van der Waals surface area contributed by atoms with Crippen molar-refractivity contribution in [1.82, 2.24) is 9.78 Å². The number of allylic oxidation sites excluding steroid dienone is 1. The van der Waals surface area contributed by atoms with Crippen molar-refractivity contribution < 1.29 is 19.4 Å². The van der Waals surface area contributed by atoms with Crippen LogP contribution in [0, 0.1) is 0 Å². The Morgan fingerprint density at radius 2 is 2.04 bits per heavy atom. The molecule has 0 spiro atoms. The molecule has 1 aliphatic heterocycles. The van der Waals surface area contributed by atoms with Crippen LogP contribution >= 0.6 is 11.6 Å². The molecule has 0 amide bonds. The van der Waals surface area contributed by atoms with Gasteiger partial charge in [-0.3, -0.25) is 0 Å². The van der Waals surface area contributed by atoms with E-state index in [4.69, 9.17) is 16.3 Å². The van der Waals surface area contributed by atoms with Crippen LogP contribution in [-0.4, -0.2) is 33.6 Å². The SMILES string of the molecule is CCCC1=C(C(=O)O)C(c2ccccc2Cl)c2cnn(C(=O)OCC)c2N1. The zero-order valence-electron chi connectivity index (χ0n) is 15.0. The minimum atomic E-state index is -1.04. The number of anilines is 1. The Morgan fingerprint density at radius 3 is 2.67 bits per heavy atom. The average Bonchev–Trinajstić information content (AvgIpc) is 3.05. The lowest BCUT2D eigenvalue weighted by atomic mass is 9.82. The molecule has 27 heavy (non-hydrogen) atoms. The number of benzene rings is 1. The molecule has 1 aromatic carbocycles. The molecule has 1 aliphatic rings. The van der Waals surface area contributed by atoms with Crippen LogP contribution in [0.3, 0.4) is 0 Å². The quantitative estimate of drug-likeness (QED) is 0.794. The molecule has 2 aromatic rings. The highest BCUT2D eigenvalue weighted by Gasteiger charge is 2.37. The molecular weight excluding hydrogens is 370 g/mol. The molecule has 3 rings (SSSR count). The van der Waals surface area contributed by atoms with Crippen molar-refractivity contribution in [2.24, 2.45) is 0 Å². The number of ether oxygens (including phenoxy) is 1. The minimum absolute atomic E-state index is 0.208. The van der Waals surface area contributed by atoms with Crippen molar-refractivity contribution >= 4 is 29.5 Å². The molecule has 0 radical (unpaired) electrons. The Kier molecular flexibility index (Phi) is 5.51. The van der Waals surface area contributed by atoms with Gasteiger partial charge >= 0.3 is 12.1 Å². The van der Waals surface area contributed by atoms with Crippen LogP contribution in [-0.2, 0) is 9.53 Å². The summed E-state index contributed by atoms with van der Waals surface area (Å²) in [6.45, 7) is 3.87. The molecule has 0 fully saturated rings. The summed E-state index contributed by atoms with van der Waals surface area (Å²) in [5, 5.41) is 17.6. The second-order valence-electron chi connectivity index (χ2n) is 6.09. The zero-order valence-corrected chi connectivity index (χ0v) is 15.8. The van der Waals surface area contributed by atoms with Crippen LogP contribution < -0.4 is 5.32 Å². The van der Waals surface area contributed by atoms with Crippen LogP contribution in [0.1, 0.15) is 43.7 Å². The lowest BCUT2D eigenvalue weighted by Crippen LogP contribution is -2.26. The van der Waals surface area contributed by atoms with Gasteiger partial charge in [-0.25, -0.2) is 9.59 Å². The minimum Gasteiger partial charge on any atom is -0.478 e. The largest absolute Gasteiger partial charge is 0.478 e. The molecule has 8 heteroatoms. The highest BCUT2D eigenvalue weighted by atomic mass is 35.5. The molecule has 0 bridgehead atoms. The number of halogens is 1. The Balaban J connectivity index is 2.23. The van der Waals surface area contributed by atoms with Crippen molar-refractivity contribution in [1.29, 1.82) is 0 Å². The molecule has 2 heterocycles. The lowest BCUT2D eigenvalue weighted by Gasteiger charge is -2.29. The van der Waals surface area contributed by atoms with Crippen LogP contribution in [0.4, 0.5) is 10.6 Å². The summed E-state index contributed by atoms with van der Waals surface area (Å²) in [6.07, 6.45) is 2.10. The maximum atomic E-state index is 12.2. The number of fused-ring (bicyclic) bond motifs is 1. The highest BCUT2D eigenvalue weighted by molar-refractivity contribution is 6.31. The fraction of sp³-hybridized carbons (Fsp3) is 0.316. The summed E-state index contributed by atoms with van der Waals surface area (Å²) in [6, 6.07) is 7.09. The van der Waals surface area contributed by atoms with Gasteiger partial charge in [0.2, 0.25) is 0 Å². The Labute approximate surface area is 161 Å². The fourth-order valence-electron chi connectivity index (χ4n) is 3.29. The van der Waals surface area contributed by atoms with Gasteiger partial charge in [-0.15, -0.1) is 4.68 Å². The smallest absolute Gasteiger partial charge is 0.436 e. The van der Waals surface area contributed by atoms with Crippen molar-refractivity contribution in [3.8, 4) is 0 Å². The van der Waals surface area contributed by atoms with Crippen molar-refractivity contribution in [2.45, 2.75) is 32.6 Å². The maximum Gasteiger partial charge on any atom is 0.436 e. The second kappa shape index (κ2) is 7.84. The normalized spacial score (nSPS) is 15.9. The number of carbonyl (C=O) groups excluding carboxylic acids is 1. The van der Waals surface area contributed by atoms with E-state index in [1.54, 1.807) is 31.2 Å². The number of rotatable bonds is 5. The van der Waals surface area contributed by atoms with Crippen molar-refractivity contribution in [2.75, 3.05) is 11.9 Å². The summed E-state index contributed by atoms with van der Waals surface area (Å²) in [7, 11) is 0. The van der Waals surface area contributed by atoms with Gasteiger partial charge in [-0.1, -0.05) is 43.1 Å². The standard InChI is InChI=1S/C19H20ClN3O4/c1-3-7-14-16(18(24)25)15(11-8-5-6-9-13(11)20)12-10-21-23(17(12)22-14)19(26)27-4-2/h5-6,8-10,15,22H,3-4,7H2,1-2H3,(H,24,25). The van der Waals surface area contributed by atoms with E-state index >= 15 is 0 Å². The van der Waals surface area contributed by atoms with E-state index < -0.39 is 18.0 Å². The average molecular weight is 390 g/mol. The molecule has 0 aliphatic carbocycles. The highest BCUT2D eigenvalue weighted by Crippen LogP contribution is 2.44. The summed E-state index contributed by atoms with van der Waals surface area (Å²) in [5.41, 5.74) is 1.96.